The van der Waals surface area contributed by atoms with Crippen molar-refractivity contribution >= 4 is 11.6 Å². The largest absolute Gasteiger partial charge is 0.378 e. The molecule has 1 saturated carbocycles. The molecule has 1 aliphatic heterocycles. The average Bonchev–Trinajstić information content (AvgIpc) is 2.99. The fourth-order valence-electron chi connectivity index (χ4n) is 2.71. The van der Waals surface area contributed by atoms with Gasteiger partial charge in [0.25, 0.3) is 0 Å². The molecule has 2 atom stereocenters. The Hall–Kier alpha value is -1.56. The Morgan fingerprint density at radius 3 is 2.90 bits per heavy atom. The van der Waals surface area contributed by atoms with Crippen LogP contribution in [0.1, 0.15) is 26.2 Å². The van der Waals surface area contributed by atoms with Gasteiger partial charge in [-0.25, -0.2) is 0 Å². The topological polar surface area (TPSA) is 62.2 Å². The number of rotatable bonds is 5. The molecule has 110 valence electrons. The van der Waals surface area contributed by atoms with Crippen LogP contribution in [0, 0.1) is 0 Å². The number of nitrogens with one attached hydrogen (secondary N) is 2. The van der Waals surface area contributed by atoms with Crippen molar-refractivity contribution < 1.29 is 4.79 Å². The van der Waals surface area contributed by atoms with E-state index in [0.717, 1.165) is 31.5 Å². The zero-order chi connectivity index (χ0) is 14.1. The highest BCUT2D eigenvalue weighted by atomic mass is 16.2. The maximum Gasteiger partial charge on any atom is 0.241 e. The SMILES string of the molecule is CC1CC(Nc2cnn(CC(=O)NC3CC3)c2)CN1C. The van der Waals surface area contributed by atoms with Crippen LogP contribution in [-0.4, -0.2) is 52.3 Å². The minimum Gasteiger partial charge on any atom is -0.378 e. The van der Waals surface area contributed by atoms with Crippen LogP contribution in [0.3, 0.4) is 0 Å². The molecule has 1 aliphatic carbocycles. The van der Waals surface area contributed by atoms with Crippen LogP contribution in [0.25, 0.3) is 0 Å². The Balaban J connectivity index is 1.50. The Labute approximate surface area is 119 Å². The number of nitrogens with zero attached hydrogens (tertiary/aromatic N) is 3. The van der Waals surface area contributed by atoms with Gasteiger partial charge in [0, 0.05) is 30.9 Å². The van der Waals surface area contributed by atoms with E-state index in [1.54, 1.807) is 10.9 Å². The van der Waals surface area contributed by atoms with Crippen LogP contribution in [0.4, 0.5) is 5.69 Å². The van der Waals surface area contributed by atoms with Crippen molar-refractivity contribution in [2.75, 3.05) is 18.9 Å². The fourth-order valence-corrected chi connectivity index (χ4v) is 2.71. The monoisotopic (exact) mass is 277 g/mol. The molecule has 2 N–H and O–H groups in total. The van der Waals surface area contributed by atoms with E-state index in [2.05, 4.69) is 34.6 Å². The van der Waals surface area contributed by atoms with E-state index in [1.807, 2.05) is 6.20 Å². The zero-order valence-electron chi connectivity index (χ0n) is 12.2. The third-order valence-electron chi connectivity index (χ3n) is 4.14. The number of likely N-dealkylation sites (tertiary alicyclic amines) is 1. The molecule has 0 radical (unpaired) electrons. The predicted octanol–water partition coefficient (Wildman–Crippen LogP) is 0.666. The van der Waals surface area contributed by atoms with Gasteiger partial charge in [-0.05, 0) is 33.2 Å². The van der Waals surface area contributed by atoms with E-state index in [1.165, 1.54) is 0 Å². The molecular formula is C14H23N5O. The fraction of sp³-hybridized carbons (Fsp3) is 0.714. The van der Waals surface area contributed by atoms with Gasteiger partial charge in [0.05, 0.1) is 11.9 Å². The summed E-state index contributed by atoms with van der Waals surface area (Å²) in [6.45, 7) is 3.60. The molecule has 3 rings (SSSR count). The summed E-state index contributed by atoms with van der Waals surface area (Å²) in [7, 11) is 2.15. The maximum absolute atomic E-state index is 11.7. The molecule has 0 bridgehead atoms. The van der Waals surface area contributed by atoms with Crippen molar-refractivity contribution in [1.29, 1.82) is 0 Å². The van der Waals surface area contributed by atoms with Gasteiger partial charge in [-0.3, -0.25) is 9.48 Å². The molecular weight excluding hydrogens is 254 g/mol. The van der Waals surface area contributed by atoms with Crippen molar-refractivity contribution in [1.82, 2.24) is 20.0 Å². The van der Waals surface area contributed by atoms with Crippen LogP contribution in [-0.2, 0) is 11.3 Å². The minimum absolute atomic E-state index is 0.0522. The van der Waals surface area contributed by atoms with Gasteiger partial charge < -0.3 is 15.5 Å². The third kappa shape index (κ3) is 3.30. The number of aromatic nitrogens is 2. The van der Waals surface area contributed by atoms with Crippen molar-refractivity contribution in [2.24, 2.45) is 0 Å². The number of anilines is 1. The summed E-state index contributed by atoms with van der Waals surface area (Å²) in [5.41, 5.74) is 0.997. The highest BCUT2D eigenvalue weighted by Gasteiger charge is 2.26. The number of likely N-dealkylation sites (N-methyl/N-ethyl adjacent to an activating group) is 1. The van der Waals surface area contributed by atoms with E-state index in [0.29, 0.717) is 24.7 Å². The number of carbonyl (C=O) groups is 1. The average molecular weight is 277 g/mol. The molecule has 1 aromatic heterocycles. The Bertz CT molecular complexity index is 472. The zero-order valence-corrected chi connectivity index (χ0v) is 12.2. The second-order valence-corrected chi connectivity index (χ2v) is 6.13. The molecule has 0 spiro atoms. The summed E-state index contributed by atoms with van der Waals surface area (Å²) < 4.78 is 1.70. The number of carbonyl (C=O) groups excluding carboxylic acids is 1. The predicted molar refractivity (Wildman–Crippen MR) is 77.5 cm³/mol. The first kappa shape index (κ1) is 13.4. The standard InChI is InChI=1S/C14H23N5O/c1-10-5-12(7-18(10)2)16-13-6-15-19(8-13)9-14(20)17-11-3-4-11/h6,8,10-12,16H,3-5,7,9H2,1-2H3,(H,17,20). The van der Waals surface area contributed by atoms with Gasteiger partial charge in [-0.2, -0.15) is 5.10 Å². The smallest absolute Gasteiger partial charge is 0.241 e. The first-order valence-electron chi connectivity index (χ1n) is 7.39. The molecule has 1 amide bonds. The first-order chi connectivity index (χ1) is 9.60. The minimum atomic E-state index is 0.0522. The van der Waals surface area contributed by atoms with E-state index in [4.69, 9.17) is 0 Å². The lowest BCUT2D eigenvalue weighted by Crippen LogP contribution is -2.29. The third-order valence-corrected chi connectivity index (χ3v) is 4.14. The van der Waals surface area contributed by atoms with Crippen molar-refractivity contribution in [3.8, 4) is 0 Å². The molecule has 6 heteroatoms. The second kappa shape index (κ2) is 5.44. The summed E-state index contributed by atoms with van der Waals surface area (Å²) in [5.74, 6) is 0.0522. The molecule has 2 unspecified atom stereocenters. The molecule has 20 heavy (non-hydrogen) atoms. The summed E-state index contributed by atoms with van der Waals surface area (Å²) in [5, 5.41) is 10.7. The summed E-state index contributed by atoms with van der Waals surface area (Å²) >= 11 is 0. The van der Waals surface area contributed by atoms with Crippen LogP contribution in [0.2, 0.25) is 0 Å². The number of hydrogen-bond donors (Lipinski definition) is 2. The van der Waals surface area contributed by atoms with Crippen LogP contribution < -0.4 is 10.6 Å². The van der Waals surface area contributed by atoms with Gasteiger partial charge >= 0.3 is 0 Å². The lowest BCUT2D eigenvalue weighted by Gasteiger charge is -2.13. The first-order valence-corrected chi connectivity index (χ1v) is 7.39. The number of hydrogen-bond acceptors (Lipinski definition) is 4. The van der Waals surface area contributed by atoms with Crippen molar-refractivity contribution in [2.45, 2.75) is 50.9 Å². The quantitative estimate of drug-likeness (QED) is 0.830. The normalized spacial score (nSPS) is 26.7. The Morgan fingerprint density at radius 1 is 1.45 bits per heavy atom. The van der Waals surface area contributed by atoms with Crippen LogP contribution >= 0.6 is 0 Å². The van der Waals surface area contributed by atoms with Gasteiger partial charge in [-0.15, -0.1) is 0 Å². The van der Waals surface area contributed by atoms with Crippen LogP contribution in [0.5, 0.6) is 0 Å². The molecule has 2 aliphatic rings. The highest BCUT2D eigenvalue weighted by Crippen LogP contribution is 2.20. The van der Waals surface area contributed by atoms with E-state index < -0.39 is 0 Å². The van der Waals surface area contributed by atoms with E-state index >= 15 is 0 Å². The van der Waals surface area contributed by atoms with Gasteiger partial charge in [0.2, 0.25) is 5.91 Å². The maximum atomic E-state index is 11.7. The lowest BCUT2D eigenvalue weighted by molar-refractivity contribution is -0.122. The molecule has 2 heterocycles. The lowest BCUT2D eigenvalue weighted by atomic mass is 10.2. The van der Waals surface area contributed by atoms with Crippen LogP contribution in [0.15, 0.2) is 12.4 Å². The molecule has 6 nitrogen and oxygen atoms in total. The van der Waals surface area contributed by atoms with Crippen molar-refractivity contribution in [3.63, 3.8) is 0 Å². The summed E-state index contributed by atoms with van der Waals surface area (Å²) in [6.07, 6.45) is 7.09. The summed E-state index contributed by atoms with van der Waals surface area (Å²) in [6, 6.07) is 1.49. The molecule has 1 saturated heterocycles. The highest BCUT2D eigenvalue weighted by molar-refractivity contribution is 5.76. The summed E-state index contributed by atoms with van der Waals surface area (Å²) in [4.78, 5) is 14.1. The Kier molecular flexibility index (Phi) is 3.65. The molecule has 0 aromatic carbocycles. The molecule has 2 fully saturated rings. The molecule has 1 aromatic rings. The van der Waals surface area contributed by atoms with Gasteiger partial charge in [0.1, 0.15) is 6.54 Å². The van der Waals surface area contributed by atoms with E-state index in [9.17, 15) is 4.79 Å². The van der Waals surface area contributed by atoms with E-state index in [-0.39, 0.29) is 5.91 Å². The number of amides is 1. The van der Waals surface area contributed by atoms with Gasteiger partial charge in [-0.1, -0.05) is 0 Å². The van der Waals surface area contributed by atoms with Crippen molar-refractivity contribution in [3.05, 3.63) is 12.4 Å². The second-order valence-electron chi connectivity index (χ2n) is 6.13. The Morgan fingerprint density at radius 2 is 2.25 bits per heavy atom. The van der Waals surface area contributed by atoms with Gasteiger partial charge in [0.15, 0.2) is 0 Å².